The Bertz CT molecular complexity index is 364. The molecule has 1 aliphatic rings. The van der Waals surface area contributed by atoms with Crippen molar-refractivity contribution in [2.75, 3.05) is 21.1 Å². The molecular formula is C17H28N2. The van der Waals surface area contributed by atoms with E-state index in [0.29, 0.717) is 6.04 Å². The highest BCUT2D eigenvalue weighted by atomic mass is 15.2. The van der Waals surface area contributed by atoms with E-state index in [0.717, 1.165) is 0 Å². The molecule has 0 saturated heterocycles. The minimum absolute atomic E-state index is 0.257. The molecule has 1 aliphatic carbocycles. The van der Waals surface area contributed by atoms with Crippen molar-refractivity contribution in [1.82, 2.24) is 10.2 Å². The lowest BCUT2D eigenvalue weighted by Gasteiger charge is -2.46. The molecule has 2 rings (SSSR count). The van der Waals surface area contributed by atoms with Crippen LogP contribution in [0.25, 0.3) is 0 Å². The lowest BCUT2D eigenvalue weighted by Crippen LogP contribution is -2.52. The zero-order valence-electron chi connectivity index (χ0n) is 12.7. The van der Waals surface area contributed by atoms with E-state index in [1.807, 2.05) is 0 Å². The Morgan fingerprint density at radius 2 is 1.58 bits per heavy atom. The molecule has 1 atom stereocenters. The van der Waals surface area contributed by atoms with Gasteiger partial charge in [0.05, 0.1) is 6.04 Å². The summed E-state index contributed by atoms with van der Waals surface area (Å²) in [5, 5.41) is 3.60. The zero-order chi connectivity index (χ0) is 13.7. The highest BCUT2D eigenvalue weighted by Crippen LogP contribution is 2.40. The van der Waals surface area contributed by atoms with Gasteiger partial charge in [-0.3, -0.25) is 0 Å². The van der Waals surface area contributed by atoms with Crippen LogP contribution in [-0.4, -0.2) is 31.6 Å². The number of hydrogen-bond donors (Lipinski definition) is 1. The van der Waals surface area contributed by atoms with E-state index >= 15 is 0 Å². The summed E-state index contributed by atoms with van der Waals surface area (Å²) in [6.07, 6.45) is 8.06. The second kappa shape index (κ2) is 6.53. The molecule has 0 amide bonds. The van der Waals surface area contributed by atoms with Gasteiger partial charge in [0.1, 0.15) is 0 Å². The van der Waals surface area contributed by atoms with Gasteiger partial charge < -0.3 is 10.2 Å². The lowest BCUT2D eigenvalue weighted by molar-refractivity contribution is 0.0834. The van der Waals surface area contributed by atoms with Crippen molar-refractivity contribution in [3.8, 4) is 0 Å². The van der Waals surface area contributed by atoms with E-state index in [4.69, 9.17) is 0 Å². The molecule has 19 heavy (non-hydrogen) atoms. The Labute approximate surface area is 118 Å². The summed E-state index contributed by atoms with van der Waals surface area (Å²) in [5.74, 6) is 0. The molecule has 1 fully saturated rings. The van der Waals surface area contributed by atoms with E-state index < -0.39 is 0 Å². The van der Waals surface area contributed by atoms with Crippen LogP contribution in [-0.2, 0) is 0 Å². The third kappa shape index (κ3) is 3.01. The van der Waals surface area contributed by atoms with Gasteiger partial charge in [-0.05, 0) is 39.5 Å². The van der Waals surface area contributed by atoms with Crippen LogP contribution in [0, 0.1) is 0 Å². The van der Waals surface area contributed by atoms with Gasteiger partial charge in [0.15, 0.2) is 0 Å². The quantitative estimate of drug-likeness (QED) is 0.832. The molecule has 1 aromatic carbocycles. The molecule has 1 saturated carbocycles. The standard InChI is InChI=1S/C17H28N2/c1-18-16(15-11-7-6-8-12-15)17(19(2)3)13-9-4-5-10-14-17/h6-8,11-12,16,18H,4-5,9-10,13-14H2,1-3H3. The normalized spacial score (nSPS) is 21.1. The average Bonchev–Trinajstić information content (AvgIpc) is 2.68. The van der Waals surface area contributed by atoms with E-state index in [9.17, 15) is 0 Å². The van der Waals surface area contributed by atoms with E-state index in [-0.39, 0.29) is 5.54 Å². The first-order valence-electron chi connectivity index (χ1n) is 7.60. The summed E-state index contributed by atoms with van der Waals surface area (Å²) in [6, 6.07) is 11.3. The third-order valence-electron chi connectivity index (χ3n) is 4.82. The van der Waals surface area contributed by atoms with Crippen molar-refractivity contribution in [2.24, 2.45) is 0 Å². The smallest absolute Gasteiger partial charge is 0.0504 e. The Morgan fingerprint density at radius 1 is 1.00 bits per heavy atom. The van der Waals surface area contributed by atoms with Crippen molar-refractivity contribution in [3.63, 3.8) is 0 Å². The maximum Gasteiger partial charge on any atom is 0.0504 e. The van der Waals surface area contributed by atoms with Gasteiger partial charge in [-0.25, -0.2) is 0 Å². The Morgan fingerprint density at radius 3 is 2.05 bits per heavy atom. The third-order valence-corrected chi connectivity index (χ3v) is 4.82. The first kappa shape index (κ1) is 14.5. The summed E-state index contributed by atoms with van der Waals surface area (Å²) in [7, 11) is 6.60. The van der Waals surface area contributed by atoms with Gasteiger partial charge in [0.25, 0.3) is 0 Å². The number of nitrogens with zero attached hydrogens (tertiary/aromatic N) is 1. The molecule has 0 radical (unpaired) electrons. The molecule has 1 N–H and O–H groups in total. The second-order valence-corrected chi connectivity index (χ2v) is 6.04. The molecule has 0 spiro atoms. The summed E-state index contributed by atoms with van der Waals surface area (Å²) >= 11 is 0. The maximum absolute atomic E-state index is 3.60. The molecule has 0 aromatic heterocycles. The fourth-order valence-electron chi connectivity index (χ4n) is 3.73. The highest BCUT2D eigenvalue weighted by molar-refractivity contribution is 5.23. The van der Waals surface area contributed by atoms with E-state index in [2.05, 4.69) is 61.7 Å². The van der Waals surface area contributed by atoms with Crippen LogP contribution in [0.1, 0.15) is 50.1 Å². The highest BCUT2D eigenvalue weighted by Gasteiger charge is 2.40. The molecule has 0 bridgehead atoms. The van der Waals surface area contributed by atoms with E-state index in [1.165, 1.54) is 44.1 Å². The first-order chi connectivity index (χ1) is 9.20. The van der Waals surface area contributed by atoms with Crippen LogP contribution >= 0.6 is 0 Å². The fraction of sp³-hybridized carbons (Fsp3) is 0.647. The van der Waals surface area contributed by atoms with Crippen molar-refractivity contribution in [2.45, 2.75) is 50.1 Å². The Balaban J connectivity index is 2.35. The summed E-state index contributed by atoms with van der Waals surface area (Å²) in [6.45, 7) is 0. The summed E-state index contributed by atoms with van der Waals surface area (Å²) in [5.41, 5.74) is 1.67. The van der Waals surface area contributed by atoms with Gasteiger partial charge in [-0.15, -0.1) is 0 Å². The maximum atomic E-state index is 3.60. The predicted molar refractivity (Wildman–Crippen MR) is 82.4 cm³/mol. The van der Waals surface area contributed by atoms with Crippen LogP contribution < -0.4 is 5.32 Å². The molecule has 1 aromatic rings. The van der Waals surface area contributed by atoms with Gasteiger partial charge >= 0.3 is 0 Å². The van der Waals surface area contributed by atoms with Crippen molar-refractivity contribution < 1.29 is 0 Å². The SMILES string of the molecule is CNC(c1ccccc1)C1(N(C)C)CCCCCC1. The predicted octanol–water partition coefficient (Wildman–Crippen LogP) is 3.60. The van der Waals surface area contributed by atoms with Crippen molar-refractivity contribution in [3.05, 3.63) is 35.9 Å². The molecular weight excluding hydrogens is 232 g/mol. The van der Waals surface area contributed by atoms with Crippen LogP contribution in [0.15, 0.2) is 30.3 Å². The Hall–Kier alpha value is -0.860. The second-order valence-electron chi connectivity index (χ2n) is 6.04. The molecule has 0 aliphatic heterocycles. The van der Waals surface area contributed by atoms with Crippen LogP contribution in [0.2, 0.25) is 0 Å². The topological polar surface area (TPSA) is 15.3 Å². The largest absolute Gasteiger partial charge is 0.311 e. The summed E-state index contributed by atoms with van der Waals surface area (Å²) in [4.78, 5) is 2.46. The minimum atomic E-state index is 0.257. The number of hydrogen-bond acceptors (Lipinski definition) is 2. The van der Waals surface area contributed by atoms with Crippen molar-refractivity contribution >= 4 is 0 Å². The Kier molecular flexibility index (Phi) is 5.00. The van der Waals surface area contributed by atoms with Gasteiger partial charge in [0.2, 0.25) is 0 Å². The van der Waals surface area contributed by atoms with Gasteiger partial charge in [-0.2, -0.15) is 0 Å². The zero-order valence-corrected chi connectivity index (χ0v) is 12.7. The number of nitrogens with one attached hydrogen (secondary N) is 1. The summed E-state index contributed by atoms with van der Waals surface area (Å²) < 4.78 is 0. The fourth-order valence-corrected chi connectivity index (χ4v) is 3.73. The first-order valence-corrected chi connectivity index (χ1v) is 7.60. The number of benzene rings is 1. The molecule has 106 valence electrons. The average molecular weight is 260 g/mol. The minimum Gasteiger partial charge on any atom is -0.311 e. The van der Waals surface area contributed by atoms with Crippen LogP contribution in [0.5, 0.6) is 0 Å². The van der Waals surface area contributed by atoms with Crippen LogP contribution in [0.3, 0.4) is 0 Å². The number of likely N-dealkylation sites (N-methyl/N-ethyl adjacent to an activating group) is 2. The molecule has 2 nitrogen and oxygen atoms in total. The van der Waals surface area contributed by atoms with Crippen LogP contribution in [0.4, 0.5) is 0 Å². The monoisotopic (exact) mass is 260 g/mol. The van der Waals surface area contributed by atoms with Gasteiger partial charge in [0, 0.05) is 5.54 Å². The molecule has 2 heteroatoms. The lowest BCUT2D eigenvalue weighted by atomic mass is 9.78. The van der Waals surface area contributed by atoms with Gasteiger partial charge in [-0.1, -0.05) is 56.0 Å². The van der Waals surface area contributed by atoms with E-state index in [1.54, 1.807) is 0 Å². The van der Waals surface area contributed by atoms with Crippen molar-refractivity contribution in [1.29, 1.82) is 0 Å². The number of rotatable bonds is 4. The molecule has 0 heterocycles. The molecule has 1 unspecified atom stereocenters.